The van der Waals surface area contributed by atoms with Gasteiger partial charge >= 0.3 is 0 Å². The Labute approximate surface area is 112 Å². The average molecular weight is 314 g/mol. The Kier molecular flexibility index (Phi) is 3.91. The minimum Gasteiger partial charge on any atom is -0.439 e. The monoisotopic (exact) mass is 313 g/mol. The lowest BCUT2D eigenvalue weighted by Gasteiger charge is -2.08. The Morgan fingerprint density at radius 2 is 2.24 bits per heavy atom. The van der Waals surface area contributed by atoms with Gasteiger partial charge in [-0.05, 0) is 43.3 Å². The molecule has 1 aromatic heterocycles. The van der Waals surface area contributed by atoms with Crippen molar-refractivity contribution in [1.29, 1.82) is 0 Å². The van der Waals surface area contributed by atoms with Gasteiger partial charge in [-0.3, -0.25) is 0 Å². The Balaban J connectivity index is 2.20. The summed E-state index contributed by atoms with van der Waals surface area (Å²) >= 11 is 4.90. The van der Waals surface area contributed by atoms with E-state index in [0.29, 0.717) is 5.22 Å². The van der Waals surface area contributed by atoms with Crippen LogP contribution in [0.3, 0.4) is 0 Å². The molecule has 0 radical (unpaired) electrons. The number of hydrogen-bond donors (Lipinski definition) is 1. The van der Waals surface area contributed by atoms with Crippen LogP contribution < -0.4 is 0 Å². The zero-order chi connectivity index (χ0) is 12.4. The smallest absolute Gasteiger partial charge is 0.260 e. The van der Waals surface area contributed by atoms with Crippen LogP contribution in [0, 0.1) is 6.92 Å². The zero-order valence-corrected chi connectivity index (χ0v) is 11.9. The summed E-state index contributed by atoms with van der Waals surface area (Å²) in [6, 6.07) is 5.79. The molecule has 1 aromatic carbocycles. The van der Waals surface area contributed by atoms with Crippen molar-refractivity contribution in [1.82, 2.24) is 4.98 Å². The minimum atomic E-state index is -0.479. The maximum atomic E-state index is 9.52. The molecular weight excluding hydrogens is 302 g/mol. The van der Waals surface area contributed by atoms with Gasteiger partial charge in [-0.1, -0.05) is 22.0 Å². The average Bonchev–Trinajstić information content (AvgIpc) is 2.63. The van der Waals surface area contributed by atoms with E-state index < -0.39 is 6.10 Å². The molecule has 0 aliphatic rings. The fourth-order valence-corrected chi connectivity index (χ4v) is 3.05. The Bertz CT molecular complexity index is 525. The molecule has 0 aliphatic carbocycles. The molecule has 2 aromatic rings. The molecule has 0 fully saturated rings. The first-order chi connectivity index (χ1) is 8.06. The molecule has 0 aliphatic heterocycles. The van der Waals surface area contributed by atoms with E-state index in [9.17, 15) is 5.11 Å². The number of hydrogen-bond acceptors (Lipinski definition) is 4. The first-order valence-corrected chi connectivity index (χ1v) is 6.74. The van der Waals surface area contributed by atoms with E-state index in [2.05, 4.69) is 20.9 Å². The molecule has 1 atom stereocenters. The number of aromatic nitrogens is 1. The molecule has 0 bridgehead atoms. The number of nitrogens with zero attached hydrogens (tertiary/aromatic N) is 1. The summed E-state index contributed by atoms with van der Waals surface area (Å²) in [5, 5.41) is 10.1. The second kappa shape index (κ2) is 5.25. The number of halogens is 1. The van der Waals surface area contributed by atoms with Crippen molar-refractivity contribution in [2.75, 3.05) is 0 Å². The van der Waals surface area contributed by atoms with Crippen LogP contribution >= 0.6 is 27.7 Å². The molecule has 17 heavy (non-hydrogen) atoms. The van der Waals surface area contributed by atoms with Gasteiger partial charge in [0.2, 0.25) is 0 Å². The third-order valence-electron chi connectivity index (χ3n) is 2.23. The normalized spacial score (nSPS) is 12.7. The molecule has 0 amide bonds. The molecule has 1 N–H and O–H groups in total. The topological polar surface area (TPSA) is 46.3 Å². The van der Waals surface area contributed by atoms with Gasteiger partial charge in [0, 0.05) is 9.37 Å². The van der Waals surface area contributed by atoms with Crippen molar-refractivity contribution in [3.8, 4) is 0 Å². The number of aliphatic hydroxyl groups is 1. The number of aliphatic hydroxyl groups excluding tert-OH is 1. The Hall–Kier alpha value is -0.780. The lowest BCUT2D eigenvalue weighted by Crippen LogP contribution is -1.92. The highest BCUT2D eigenvalue weighted by Gasteiger charge is 2.09. The predicted molar refractivity (Wildman–Crippen MR) is 70.1 cm³/mol. The van der Waals surface area contributed by atoms with Crippen LogP contribution in [0.2, 0.25) is 0 Å². The van der Waals surface area contributed by atoms with Crippen LogP contribution in [0.25, 0.3) is 0 Å². The van der Waals surface area contributed by atoms with Gasteiger partial charge in [-0.15, -0.1) is 0 Å². The van der Waals surface area contributed by atoms with Gasteiger partial charge in [0.05, 0.1) is 11.8 Å². The molecule has 0 spiro atoms. The maximum Gasteiger partial charge on any atom is 0.260 e. The van der Waals surface area contributed by atoms with Gasteiger partial charge in [0.25, 0.3) is 5.22 Å². The zero-order valence-electron chi connectivity index (χ0n) is 9.48. The first kappa shape index (κ1) is 12.7. The standard InChI is InChI=1S/C12H12BrNO2S/c1-7-6-16-12(14-7)17-9-3-4-10(8(2)15)11(13)5-9/h3-6,8,15H,1-2H3/t8-/m1/s1. The van der Waals surface area contributed by atoms with Crippen molar-refractivity contribution < 1.29 is 9.52 Å². The molecule has 5 heteroatoms. The first-order valence-electron chi connectivity index (χ1n) is 5.14. The fourth-order valence-electron chi connectivity index (χ4n) is 1.39. The maximum absolute atomic E-state index is 9.52. The molecule has 0 unspecified atom stereocenters. The number of benzene rings is 1. The third kappa shape index (κ3) is 3.12. The van der Waals surface area contributed by atoms with Gasteiger partial charge in [-0.2, -0.15) is 0 Å². The Morgan fingerprint density at radius 1 is 1.47 bits per heavy atom. The van der Waals surface area contributed by atoms with E-state index in [-0.39, 0.29) is 0 Å². The molecule has 0 saturated heterocycles. The van der Waals surface area contributed by atoms with Crippen LogP contribution in [0.1, 0.15) is 24.3 Å². The summed E-state index contributed by atoms with van der Waals surface area (Å²) in [6.07, 6.45) is 1.15. The summed E-state index contributed by atoms with van der Waals surface area (Å²) < 4.78 is 6.16. The molecule has 3 nitrogen and oxygen atoms in total. The van der Waals surface area contributed by atoms with E-state index in [0.717, 1.165) is 20.6 Å². The van der Waals surface area contributed by atoms with Gasteiger partial charge in [0.15, 0.2) is 0 Å². The van der Waals surface area contributed by atoms with E-state index in [1.54, 1.807) is 13.2 Å². The highest BCUT2D eigenvalue weighted by Crippen LogP contribution is 2.32. The Morgan fingerprint density at radius 3 is 2.76 bits per heavy atom. The number of oxazole rings is 1. The van der Waals surface area contributed by atoms with Crippen LogP contribution in [0.5, 0.6) is 0 Å². The van der Waals surface area contributed by atoms with Crippen LogP contribution in [0.4, 0.5) is 0 Å². The van der Waals surface area contributed by atoms with E-state index in [1.165, 1.54) is 11.8 Å². The molecule has 0 saturated carbocycles. The van der Waals surface area contributed by atoms with Gasteiger partial charge in [-0.25, -0.2) is 4.98 Å². The highest BCUT2D eigenvalue weighted by atomic mass is 79.9. The van der Waals surface area contributed by atoms with E-state index in [4.69, 9.17) is 4.42 Å². The van der Waals surface area contributed by atoms with Crippen molar-refractivity contribution >= 4 is 27.7 Å². The minimum absolute atomic E-state index is 0.479. The SMILES string of the molecule is Cc1coc(Sc2ccc([C@@H](C)O)c(Br)c2)n1. The number of rotatable bonds is 3. The molecular formula is C12H12BrNO2S. The summed E-state index contributed by atoms with van der Waals surface area (Å²) in [4.78, 5) is 5.24. The molecule has 1 heterocycles. The van der Waals surface area contributed by atoms with Crippen molar-refractivity contribution in [2.45, 2.75) is 30.1 Å². The van der Waals surface area contributed by atoms with E-state index in [1.807, 2.05) is 25.1 Å². The van der Waals surface area contributed by atoms with Crippen molar-refractivity contribution in [3.63, 3.8) is 0 Å². The third-order valence-corrected chi connectivity index (χ3v) is 3.76. The van der Waals surface area contributed by atoms with Gasteiger partial charge in [0.1, 0.15) is 6.26 Å². The second-order valence-electron chi connectivity index (χ2n) is 3.72. The highest BCUT2D eigenvalue weighted by molar-refractivity contribution is 9.10. The van der Waals surface area contributed by atoms with Crippen molar-refractivity contribution in [2.24, 2.45) is 0 Å². The van der Waals surface area contributed by atoms with E-state index >= 15 is 0 Å². The summed E-state index contributed by atoms with van der Waals surface area (Å²) in [5.74, 6) is 0. The summed E-state index contributed by atoms with van der Waals surface area (Å²) in [5.41, 5.74) is 1.74. The lowest BCUT2D eigenvalue weighted by molar-refractivity contribution is 0.198. The summed E-state index contributed by atoms with van der Waals surface area (Å²) in [6.45, 7) is 3.63. The number of aryl methyl sites for hydroxylation is 1. The quantitative estimate of drug-likeness (QED) is 0.932. The second-order valence-corrected chi connectivity index (χ2v) is 5.60. The van der Waals surface area contributed by atoms with Crippen LogP contribution in [-0.2, 0) is 0 Å². The fraction of sp³-hybridized carbons (Fsp3) is 0.250. The largest absolute Gasteiger partial charge is 0.439 e. The molecule has 2 rings (SSSR count). The van der Waals surface area contributed by atoms with Crippen molar-refractivity contribution in [3.05, 3.63) is 40.2 Å². The molecule has 90 valence electrons. The summed E-state index contributed by atoms with van der Waals surface area (Å²) in [7, 11) is 0. The van der Waals surface area contributed by atoms with Crippen LogP contribution in [0.15, 0.2) is 43.5 Å². The van der Waals surface area contributed by atoms with Gasteiger partial charge < -0.3 is 9.52 Å². The van der Waals surface area contributed by atoms with Crippen LogP contribution in [-0.4, -0.2) is 10.1 Å². The predicted octanol–water partition coefficient (Wildman–Crippen LogP) is 3.95. The lowest BCUT2D eigenvalue weighted by atomic mass is 10.1.